The molecule has 4 aromatic rings. The molecule has 13 heteroatoms. The molecular formula is C38H46CaO10S2. The van der Waals surface area contributed by atoms with Crippen molar-refractivity contribution in [3.8, 4) is 34.5 Å². The van der Waals surface area contributed by atoms with E-state index in [9.17, 15) is 36.2 Å². The number of phenols is 1. The van der Waals surface area contributed by atoms with Crippen LogP contribution in [0.15, 0.2) is 94.7 Å². The summed E-state index contributed by atoms with van der Waals surface area (Å²) in [6.07, 6.45) is 12.9. The molecule has 0 saturated heterocycles. The van der Waals surface area contributed by atoms with Crippen molar-refractivity contribution in [2.75, 3.05) is 0 Å². The largest absolute Gasteiger partial charge is 2.00 e. The Morgan fingerprint density at radius 3 is 1.53 bits per heavy atom. The maximum atomic E-state index is 12.0. The summed E-state index contributed by atoms with van der Waals surface area (Å²) in [5, 5.41) is 22.0. The van der Waals surface area contributed by atoms with Crippen LogP contribution in [-0.4, -0.2) is 68.8 Å². The fraction of sp³-hybridized carbons (Fsp3) is 0.368. The molecule has 0 radical (unpaired) electrons. The second kappa shape index (κ2) is 22.3. The average molecular weight is 767 g/mol. The van der Waals surface area contributed by atoms with E-state index in [2.05, 4.69) is 13.8 Å². The van der Waals surface area contributed by atoms with Gasteiger partial charge in [0.15, 0.2) is 11.5 Å². The first-order valence-corrected chi connectivity index (χ1v) is 19.8. The molecule has 0 aliphatic heterocycles. The first kappa shape index (κ1) is 44.3. The smallest absolute Gasteiger partial charge is 0.870 e. The van der Waals surface area contributed by atoms with Crippen molar-refractivity contribution in [2.45, 2.75) is 101 Å². The second-order valence-corrected chi connectivity index (χ2v) is 14.6. The van der Waals surface area contributed by atoms with Crippen molar-refractivity contribution in [1.82, 2.24) is 0 Å². The van der Waals surface area contributed by atoms with Gasteiger partial charge in [0.25, 0.3) is 10.1 Å². The molecule has 0 fully saturated rings. The van der Waals surface area contributed by atoms with Crippen LogP contribution in [0.2, 0.25) is 0 Å². The van der Waals surface area contributed by atoms with Gasteiger partial charge in [-0.2, -0.15) is 8.42 Å². The van der Waals surface area contributed by atoms with Crippen LogP contribution < -0.4 is 14.6 Å². The van der Waals surface area contributed by atoms with Gasteiger partial charge in [-0.05, 0) is 67.1 Å². The molecule has 0 atom stereocenters. The summed E-state index contributed by atoms with van der Waals surface area (Å²) in [6, 6.07) is 21.8. The molecule has 0 unspecified atom stereocenters. The zero-order valence-electron chi connectivity index (χ0n) is 29.3. The van der Waals surface area contributed by atoms with E-state index in [4.69, 9.17) is 9.47 Å². The van der Waals surface area contributed by atoms with Crippen molar-refractivity contribution in [1.29, 1.82) is 0 Å². The first-order valence-electron chi connectivity index (χ1n) is 16.9. The molecule has 10 nitrogen and oxygen atoms in total. The topological polar surface area (TPSA) is 173 Å². The Hall–Kier alpha value is -2.84. The number of aryl methyl sites for hydroxylation is 2. The number of para-hydroxylation sites is 4. The molecule has 4 aromatic carbocycles. The van der Waals surface area contributed by atoms with Gasteiger partial charge in [-0.25, -0.2) is 8.42 Å². The maximum Gasteiger partial charge on any atom is 2.00 e. The van der Waals surface area contributed by atoms with Gasteiger partial charge in [-0.3, -0.25) is 4.55 Å². The summed E-state index contributed by atoms with van der Waals surface area (Å²) < 4.78 is 77.8. The molecule has 0 spiro atoms. The SMILES string of the molecule is CCCCCCCc1ccccc1Oc1c(O)cccc1S(=O)(=O)O.CCCCCCCc1ccccc1Oc1c([O-])cccc1S(=O)(=O)[O-].[Ca+2]. The summed E-state index contributed by atoms with van der Waals surface area (Å²) in [6.45, 7) is 4.33. The van der Waals surface area contributed by atoms with Crippen molar-refractivity contribution >= 4 is 58.0 Å². The Balaban J connectivity index is 0.000000347. The Morgan fingerprint density at radius 2 is 1.04 bits per heavy atom. The summed E-state index contributed by atoms with van der Waals surface area (Å²) in [7, 11) is -9.29. The normalized spacial score (nSPS) is 11.2. The molecule has 0 amide bonds. The Morgan fingerprint density at radius 1 is 0.588 bits per heavy atom. The Labute approximate surface area is 332 Å². The van der Waals surface area contributed by atoms with Crippen LogP contribution in [0.1, 0.15) is 89.2 Å². The quantitative estimate of drug-likeness (QED) is 0.0568. The van der Waals surface area contributed by atoms with Gasteiger partial charge >= 0.3 is 37.7 Å². The number of aromatic hydroxyl groups is 1. The van der Waals surface area contributed by atoms with Crippen LogP contribution in [0.5, 0.6) is 34.5 Å². The molecule has 272 valence electrons. The van der Waals surface area contributed by atoms with Gasteiger partial charge in [0.2, 0.25) is 0 Å². The Kier molecular flexibility index (Phi) is 19.4. The van der Waals surface area contributed by atoms with E-state index in [1.165, 1.54) is 68.9 Å². The van der Waals surface area contributed by atoms with Crippen molar-refractivity contribution in [3.63, 3.8) is 0 Å². The third-order valence-corrected chi connectivity index (χ3v) is 9.65. The minimum Gasteiger partial charge on any atom is -0.870 e. The summed E-state index contributed by atoms with van der Waals surface area (Å²) >= 11 is 0. The number of hydrogen-bond acceptors (Lipinski definition) is 9. The molecule has 0 heterocycles. The molecule has 0 aliphatic carbocycles. The fourth-order valence-corrected chi connectivity index (χ4v) is 6.53. The Bertz CT molecular complexity index is 1740. The van der Waals surface area contributed by atoms with Crippen LogP contribution in [-0.2, 0) is 33.1 Å². The number of hydrogen-bond donors (Lipinski definition) is 2. The molecule has 51 heavy (non-hydrogen) atoms. The first-order chi connectivity index (χ1) is 23.9. The average Bonchev–Trinajstić information content (AvgIpc) is 3.07. The third kappa shape index (κ3) is 14.6. The molecule has 0 saturated carbocycles. The van der Waals surface area contributed by atoms with Crippen LogP contribution in [0.25, 0.3) is 0 Å². The van der Waals surface area contributed by atoms with Crippen molar-refractivity contribution in [3.05, 3.63) is 96.1 Å². The van der Waals surface area contributed by atoms with Gasteiger partial charge in [0.1, 0.15) is 32.3 Å². The van der Waals surface area contributed by atoms with E-state index >= 15 is 0 Å². The van der Waals surface area contributed by atoms with E-state index in [0.717, 1.165) is 55.7 Å². The predicted molar refractivity (Wildman–Crippen MR) is 195 cm³/mol. The number of benzene rings is 4. The summed E-state index contributed by atoms with van der Waals surface area (Å²) in [5.74, 6) is -0.780. The maximum absolute atomic E-state index is 12.0. The van der Waals surface area contributed by atoms with E-state index < -0.39 is 41.5 Å². The number of rotatable bonds is 18. The third-order valence-electron chi connectivity index (χ3n) is 7.92. The van der Waals surface area contributed by atoms with Crippen LogP contribution in [0.4, 0.5) is 0 Å². The van der Waals surface area contributed by atoms with Gasteiger partial charge in [0.05, 0.1) is 4.90 Å². The van der Waals surface area contributed by atoms with Gasteiger partial charge in [-0.15, -0.1) is 0 Å². The van der Waals surface area contributed by atoms with Crippen LogP contribution in [0, 0.1) is 0 Å². The molecular weight excluding hydrogens is 721 g/mol. The van der Waals surface area contributed by atoms with E-state index in [1.54, 1.807) is 24.3 Å². The molecule has 0 bridgehead atoms. The van der Waals surface area contributed by atoms with Crippen LogP contribution >= 0.6 is 0 Å². The zero-order valence-corrected chi connectivity index (χ0v) is 33.1. The molecule has 4 rings (SSSR count). The van der Waals surface area contributed by atoms with Gasteiger partial charge in [0, 0.05) is 0 Å². The monoisotopic (exact) mass is 766 g/mol. The molecule has 0 aromatic heterocycles. The molecule has 0 aliphatic rings. The minimum atomic E-state index is -4.79. The van der Waals surface area contributed by atoms with Crippen LogP contribution in [0.3, 0.4) is 0 Å². The van der Waals surface area contributed by atoms with E-state index in [0.29, 0.717) is 11.5 Å². The molecule has 2 N–H and O–H groups in total. The standard InChI is InChI=1S/2C19H24O5S.Ca/c2*1-2-3-4-5-6-10-15-11-7-8-13-17(15)24-19-16(20)12-9-14-18(19)25(21,22)23;/h2*7-9,11-14,20H,2-6,10H2,1H3,(H,21,22,23);/q;;+2/p-2. The summed E-state index contributed by atoms with van der Waals surface area (Å²) in [5.41, 5.74) is 1.82. The van der Waals surface area contributed by atoms with E-state index in [1.807, 2.05) is 24.3 Å². The number of phenolic OH excluding ortho intramolecular Hbond substituents is 1. The van der Waals surface area contributed by atoms with Gasteiger partial charge in [-0.1, -0.05) is 126 Å². The predicted octanol–water partition coefficient (Wildman–Crippen LogP) is 8.53. The summed E-state index contributed by atoms with van der Waals surface area (Å²) in [4.78, 5) is -1.08. The van der Waals surface area contributed by atoms with Crippen molar-refractivity contribution in [2.24, 2.45) is 0 Å². The van der Waals surface area contributed by atoms with Gasteiger partial charge < -0.3 is 24.2 Å². The number of ether oxygens (including phenoxy) is 2. The minimum absolute atomic E-state index is 0. The number of unbranched alkanes of at least 4 members (excludes halogenated alkanes) is 8. The zero-order chi connectivity index (χ0) is 36.6. The van der Waals surface area contributed by atoms with Crippen molar-refractivity contribution < 1.29 is 45.6 Å². The fourth-order valence-electron chi connectivity index (χ4n) is 5.28. The van der Waals surface area contributed by atoms with E-state index in [-0.39, 0.29) is 49.2 Å². The second-order valence-electron chi connectivity index (χ2n) is 11.9.